The number of hydrogen-bond acceptors (Lipinski definition) is 6. The molecular formula is C35H38N4O8. The fourth-order valence-corrected chi connectivity index (χ4v) is 5.67. The van der Waals surface area contributed by atoms with Crippen molar-refractivity contribution in [3.05, 3.63) is 108 Å². The van der Waals surface area contributed by atoms with E-state index in [2.05, 4.69) is 10.6 Å². The molecule has 0 bridgehead atoms. The molecule has 3 aromatic carbocycles. The molecule has 4 N–H and O–H groups in total. The number of carboxylic acids is 2. The number of urea groups is 1. The van der Waals surface area contributed by atoms with Gasteiger partial charge in [0.2, 0.25) is 11.8 Å². The lowest BCUT2D eigenvalue weighted by Crippen LogP contribution is -2.56. The Morgan fingerprint density at radius 1 is 0.787 bits per heavy atom. The van der Waals surface area contributed by atoms with Crippen LogP contribution in [0.3, 0.4) is 0 Å². The van der Waals surface area contributed by atoms with E-state index >= 15 is 0 Å². The second-order valence-electron chi connectivity index (χ2n) is 12.0. The molecule has 1 aliphatic rings. The summed E-state index contributed by atoms with van der Waals surface area (Å²) in [7, 11) is 0. The largest absolute Gasteiger partial charge is 0.481 e. The van der Waals surface area contributed by atoms with Gasteiger partial charge in [-0.1, -0.05) is 105 Å². The van der Waals surface area contributed by atoms with Gasteiger partial charge in [0.15, 0.2) is 6.04 Å². The van der Waals surface area contributed by atoms with Crippen LogP contribution in [0.4, 0.5) is 4.79 Å². The quantitative estimate of drug-likeness (QED) is 0.193. The lowest BCUT2D eigenvalue weighted by Gasteiger charge is -2.32. The van der Waals surface area contributed by atoms with Gasteiger partial charge in [-0.15, -0.1) is 0 Å². The lowest BCUT2D eigenvalue weighted by molar-refractivity contribution is -0.145. The number of carbonyl (C=O) groups excluding carboxylic acids is 4. The molecule has 246 valence electrons. The molecule has 12 nitrogen and oxygen atoms in total. The van der Waals surface area contributed by atoms with Gasteiger partial charge in [-0.3, -0.25) is 19.2 Å². The highest BCUT2D eigenvalue weighted by Crippen LogP contribution is 2.40. The van der Waals surface area contributed by atoms with Crippen molar-refractivity contribution in [2.24, 2.45) is 5.92 Å². The fourth-order valence-electron chi connectivity index (χ4n) is 5.67. The Bertz CT molecular complexity index is 1620. The standard InChI is InChI=1S/C35H38N4O8/c1-22(2)19-27(31(43)36-26(20-28(40)41)30(42)37-29(32(44)45)24-15-9-5-10-16-24)39-33(46)35(3,25-17-11-6-12-18-25)38(34(39)47)21-23-13-7-4-8-14-23/h4-18,22,26-27,29H,19-21H2,1-3H3,(H,36,43)(H,37,42)(H,40,41)(H,44,45)/t26-,27?,29-,35-/m0/s1. The van der Waals surface area contributed by atoms with E-state index in [4.69, 9.17) is 0 Å². The van der Waals surface area contributed by atoms with Gasteiger partial charge in [-0.05, 0) is 36.0 Å². The van der Waals surface area contributed by atoms with Gasteiger partial charge in [0, 0.05) is 6.54 Å². The first-order chi connectivity index (χ1) is 22.3. The minimum absolute atomic E-state index is 0.0105. The molecule has 1 unspecified atom stereocenters. The molecule has 3 aromatic rings. The molecular weight excluding hydrogens is 604 g/mol. The van der Waals surface area contributed by atoms with Crippen LogP contribution in [0, 0.1) is 5.92 Å². The highest BCUT2D eigenvalue weighted by molar-refractivity contribution is 6.10. The number of nitrogens with zero attached hydrogens (tertiary/aromatic N) is 2. The number of amides is 5. The Labute approximate surface area is 272 Å². The van der Waals surface area contributed by atoms with Crippen LogP contribution >= 0.6 is 0 Å². The van der Waals surface area contributed by atoms with Crippen molar-refractivity contribution in [2.45, 2.75) is 63.8 Å². The van der Waals surface area contributed by atoms with Crippen molar-refractivity contribution in [3.8, 4) is 0 Å². The third kappa shape index (κ3) is 7.66. The summed E-state index contributed by atoms with van der Waals surface area (Å²) in [6.07, 6.45) is -0.868. The highest BCUT2D eigenvalue weighted by atomic mass is 16.4. The zero-order valence-corrected chi connectivity index (χ0v) is 26.3. The van der Waals surface area contributed by atoms with Crippen molar-refractivity contribution < 1.29 is 39.0 Å². The van der Waals surface area contributed by atoms with E-state index in [0.29, 0.717) is 5.56 Å². The summed E-state index contributed by atoms with van der Waals surface area (Å²) in [5, 5.41) is 24.1. The molecule has 0 radical (unpaired) electrons. The smallest absolute Gasteiger partial charge is 0.330 e. The number of aliphatic carboxylic acids is 2. The highest BCUT2D eigenvalue weighted by Gasteiger charge is 2.58. The van der Waals surface area contributed by atoms with Gasteiger partial charge >= 0.3 is 18.0 Å². The van der Waals surface area contributed by atoms with Gasteiger partial charge in [0.25, 0.3) is 5.91 Å². The SMILES string of the molecule is CC(C)CC(C(=O)N[C@@H](CC(=O)O)C(=O)N[C@H](C(=O)O)c1ccccc1)N1C(=O)N(Cc2ccccc2)[C@@](C)(c2ccccc2)C1=O. The van der Waals surface area contributed by atoms with E-state index in [0.717, 1.165) is 10.5 Å². The van der Waals surface area contributed by atoms with Crippen molar-refractivity contribution in [3.63, 3.8) is 0 Å². The van der Waals surface area contributed by atoms with Crippen LogP contribution in [0.2, 0.25) is 0 Å². The molecule has 47 heavy (non-hydrogen) atoms. The normalized spacial score (nSPS) is 18.0. The maximum Gasteiger partial charge on any atom is 0.330 e. The zero-order valence-electron chi connectivity index (χ0n) is 26.3. The van der Waals surface area contributed by atoms with E-state index in [1.807, 2.05) is 30.3 Å². The molecule has 12 heteroatoms. The van der Waals surface area contributed by atoms with E-state index in [1.54, 1.807) is 69.3 Å². The first-order valence-electron chi connectivity index (χ1n) is 15.2. The molecule has 1 heterocycles. The lowest BCUT2D eigenvalue weighted by atomic mass is 9.89. The predicted octanol–water partition coefficient (Wildman–Crippen LogP) is 3.68. The summed E-state index contributed by atoms with van der Waals surface area (Å²) < 4.78 is 0. The molecule has 0 aromatic heterocycles. The van der Waals surface area contributed by atoms with Crippen LogP contribution in [0.5, 0.6) is 0 Å². The molecule has 4 rings (SSSR count). The Morgan fingerprint density at radius 2 is 1.34 bits per heavy atom. The van der Waals surface area contributed by atoms with Crippen molar-refractivity contribution in [2.75, 3.05) is 0 Å². The molecule has 1 fully saturated rings. The first-order valence-corrected chi connectivity index (χ1v) is 15.2. The number of carboxylic acid groups (broad SMARTS) is 2. The number of imide groups is 1. The van der Waals surface area contributed by atoms with Crippen LogP contribution in [0.15, 0.2) is 91.0 Å². The molecule has 5 amide bonds. The summed E-state index contributed by atoms with van der Waals surface area (Å²) in [5.74, 6) is -5.67. The van der Waals surface area contributed by atoms with Gasteiger partial charge in [0.05, 0.1) is 6.42 Å². The molecule has 0 saturated carbocycles. The number of rotatable bonds is 14. The second kappa shape index (κ2) is 14.7. The summed E-state index contributed by atoms with van der Waals surface area (Å²) in [6, 6.07) is 20.2. The maximum absolute atomic E-state index is 14.4. The Kier molecular flexibility index (Phi) is 10.8. The average Bonchev–Trinajstić information content (AvgIpc) is 3.23. The Hall–Kier alpha value is -5.52. The van der Waals surface area contributed by atoms with Crippen molar-refractivity contribution in [1.82, 2.24) is 20.4 Å². The second-order valence-corrected chi connectivity index (χ2v) is 12.0. The summed E-state index contributed by atoms with van der Waals surface area (Å²) in [4.78, 5) is 82.0. The predicted molar refractivity (Wildman–Crippen MR) is 170 cm³/mol. The van der Waals surface area contributed by atoms with E-state index in [9.17, 15) is 39.0 Å². The number of hydrogen-bond donors (Lipinski definition) is 4. The van der Waals surface area contributed by atoms with Gasteiger partial charge < -0.3 is 25.7 Å². The minimum atomic E-state index is -1.71. The number of carbonyl (C=O) groups is 6. The van der Waals surface area contributed by atoms with Crippen LogP contribution in [0.25, 0.3) is 0 Å². The Morgan fingerprint density at radius 3 is 1.87 bits per heavy atom. The molecule has 0 spiro atoms. The van der Waals surface area contributed by atoms with Crippen molar-refractivity contribution in [1.29, 1.82) is 0 Å². The molecule has 1 aliphatic heterocycles. The van der Waals surface area contributed by atoms with Gasteiger partial charge in [-0.2, -0.15) is 0 Å². The Balaban J connectivity index is 1.68. The third-order valence-corrected chi connectivity index (χ3v) is 8.12. The van der Waals surface area contributed by atoms with Crippen LogP contribution in [-0.2, 0) is 36.1 Å². The topological polar surface area (TPSA) is 173 Å². The molecule has 4 atom stereocenters. The first kappa shape index (κ1) is 34.4. The van der Waals surface area contributed by atoms with E-state index in [-0.39, 0.29) is 24.4 Å². The molecule has 1 saturated heterocycles. The summed E-state index contributed by atoms with van der Waals surface area (Å²) in [5.41, 5.74) is 0.0288. The third-order valence-electron chi connectivity index (χ3n) is 8.12. The summed E-state index contributed by atoms with van der Waals surface area (Å²) in [6.45, 7) is 5.26. The summed E-state index contributed by atoms with van der Waals surface area (Å²) >= 11 is 0. The maximum atomic E-state index is 14.4. The monoisotopic (exact) mass is 642 g/mol. The van der Waals surface area contributed by atoms with Crippen LogP contribution < -0.4 is 10.6 Å². The van der Waals surface area contributed by atoms with Gasteiger partial charge in [0.1, 0.15) is 17.6 Å². The van der Waals surface area contributed by atoms with Gasteiger partial charge in [-0.25, -0.2) is 14.5 Å². The molecule has 0 aliphatic carbocycles. The fraction of sp³-hybridized carbons (Fsp3) is 0.314. The van der Waals surface area contributed by atoms with Crippen LogP contribution in [-0.4, -0.2) is 67.8 Å². The van der Waals surface area contributed by atoms with E-state index < -0.39 is 65.8 Å². The number of benzene rings is 3. The zero-order chi connectivity index (χ0) is 34.3. The van der Waals surface area contributed by atoms with E-state index in [1.165, 1.54) is 17.0 Å². The minimum Gasteiger partial charge on any atom is -0.481 e. The van der Waals surface area contributed by atoms with Crippen molar-refractivity contribution >= 4 is 35.7 Å². The average molecular weight is 643 g/mol. The van der Waals surface area contributed by atoms with Crippen LogP contribution in [0.1, 0.15) is 56.3 Å². The number of nitrogens with one attached hydrogen (secondary N) is 2.